The zero-order chi connectivity index (χ0) is 13.3. The first-order chi connectivity index (χ1) is 8.56. The maximum Gasteiger partial charge on any atom is 0.272 e. The van der Waals surface area contributed by atoms with E-state index in [1.807, 2.05) is 0 Å². The lowest BCUT2D eigenvalue weighted by Gasteiger charge is -2.14. The molecule has 2 aromatic carbocycles. The SMILES string of the molecule is CCOc1c(Nc2cccc(Cl)c2O)c(=O)c1=O. The standard InChI is InChI=1S/C12H10ClNO4/c1-2-18-12-8(10(16)11(12)17)14-7-5-3-4-6(13)9(7)15/h3-5,14-15H,2H2,1H3. The van der Waals surface area contributed by atoms with Gasteiger partial charge in [-0.05, 0) is 19.1 Å². The summed E-state index contributed by atoms with van der Waals surface area (Å²) in [4.78, 5) is 22.6. The molecule has 0 spiro atoms. The van der Waals surface area contributed by atoms with Gasteiger partial charge in [0.2, 0.25) is 0 Å². The van der Waals surface area contributed by atoms with Crippen LogP contribution in [0.3, 0.4) is 0 Å². The van der Waals surface area contributed by atoms with Gasteiger partial charge in [0.05, 0.1) is 17.3 Å². The third-order valence-corrected chi connectivity index (χ3v) is 2.71. The molecule has 5 nitrogen and oxygen atoms in total. The van der Waals surface area contributed by atoms with Crippen LogP contribution >= 0.6 is 11.6 Å². The lowest BCUT2D eigenvalue weighted by molar-refractivity contribution is 0.335. The maximum absolute atomic E-state index is 11.4. The second kappa shape index (κ2) is 4.70. The molecule has 0 aliphatic heterocycles. The Kier molecular flexibility index (Phi) is 3.25. The van der Waals surface area contributed by atoms with Crippen molar-refractivity contribution in [3.05, 3.63) is 43.7 Å². The first kappa shape index (κ1) is 12.4. The molecule has 2 aromatic rings. The van der Waals surface area contributed by atoms with Crippen LogP contribution in [-0.2, 0) is 0 Å². The molecular weight excluding hydrogens is 258 g/mol. The quantitative estimate of drug-likeness (QED) is 0.652. The minimum absolute atomic E-state index is 0.0122. The minimum Gasteiger partial charge on any atom is -0.504 e. The molecule has 0 radical (unpaired) electrons. The van der Waals surface area contributed by atoms with E-state index >= 15 is 0 Å². The van der Waals surface area contributed by atoms with Gasteiger partial charge in [-0.3, -0.25) is 9.59 Å². The third kappa shape index (κ3) is 1.93. The topological polar surface area (TPSA) is 75.6 Å². The highest BCUT2D eigenvalue weighted by Gasteiger charge is 2.23. The van der Waals surface area contributed by atoms with E-state index in [1.165, 1.54) is 12.1 Å². The van der Waals surface area contributed by atoms with Crippen molar-refractivity contribution in [3.8, 4) is 11.5 Å². The molecule has 0 aliphatic carbocycles. The molecule has 94 valence electrons. The number of para-hydroxylation sites is 1. The number of anilines is 2. The van der Waals surface area contributed by atoms with Crippen LogP contribution in [0.4, 0.5) is 11.4 Å². The van der Waals surface area contributed by atoms with Crippen LogP contribution in [-0.4, -0.2) is 11.7 Å². The molecule has 0 aromatic heterocycles. The summed E-state index contributed by atoms with van der Waals surface area (Å²) in [6.45, 7) is 1.98. The van der Waals surface area contributed by atoms with Crippen LogP contribution in [0, 0.1) is 0 Å². The molecule has 0 fully saturated rings. The number of aromatic hydroxyl groups is 1. The third-order valence-electron chi connectivity index (χ3n) is 2.40. The molecule has 2 N–H and O–H groups in total. The van der Waals surface area contributed by atoms with Crippen molar-refractivity contribution in [2.24, 2.45) is 0 Å². The molecule has 6 heteroatoms. The van der Waals surface area contributed by atoms with E-state index in [9.17, 15) is 14.7 Å². The Morgan fingerprint density at radius 2 is 2.06 bits per heavy atom. The average Bonchev–Trinajstić information content (AvgIpc) is 2.38. The van der Waals surface area contributed by atoms with E-state index in [-0.39, 0.29) is 34.5 Å². The molecule has 0 unspecified atom stereocenters. The summed E-state index contributed by atoms with van der Waals surface area (Å²) >= 11 is 5.73. The van der Waals surface area contributed by atoms with Crippen LogP contribution in [0.15, 0.2) is 27.8 Å². The van der Waals surface area contributed by atoms with Crippen LogP contribution < -0.4 is 20.9 Å². The van der Waals surface area contributed by atoms with Gasteiger partial charge in [-0.2, -0.15) is 0 Å². The Hall–Kier alpha value is -2.01. The fourth-order valence-corrected chi connectivity index (χ4v) is 1.69. The normalized spacial score (nSPS) is 10.6. The largest absolute Gasteiger partial charge is 0.504 e. The zero-order valence-electron chi connectivity index (χ0n) is 9.49. The van der Waals surface area contributed by atoms with Gasteiger partial charge in [0.1, 0.15) is 5.69 Å². The number of ether oxygens (including phenoxy) is 1. The maximum atomic E-state index is 11.4. The number of hydrogen-bond donors (Lipinski definition) is 2. The van der Waals surface area contributed by atoms with E-state index in [0.717, 1.165) is 0 Å². The molecule has 0 bridgehead atoms. The van der Waals surface area contributed by atoms with Crippen molar-refractivity contribution < 1.29 is 9.84 Å². The Morgan fingerprint density at radius 1 is 1.33 bits per heavy atom. The second-order valence-corrected chi connectivity index (χ2v) is 3.96. The molecule has 0 saturated heterocycles. The summed E-state index contributed by atoms with van der Waals surface area (Å²) in [5, 5.41) is 12.5. The average molecular weight is 268 g/mol. The first-order valence-corrected chi connectivity index (χ1v) is 5.64. The fourth-order valence-electron chi connectivity index (χ4n) is 1.52. The van der Waals surface area contributed by atoms with E-state index in [0.29, 0.717) is 0 Å². The van der Waals surface area contributed by atoms with Crippen molar-refractivity contribution in [1.29, 1.82) is 0 Å². The smallest absolute Gasteiger partial charge is 0.272 e. The number of phenols is 1. The number of benzene rings is 1. The molecule has 0 saturated carbocycles. The van der Waals surface area contributed by atoms with Crippen molar-refractivity contribution in [1.82, 2.24) is 0 Å². The van der Waals surface area contributed by atoms with Gasteiger partial charge >= 0.3 is 0 Å². The monoisotopic (exact) mass is 267 g/mol. The van der Waals surface area contributed by atoms with Gasteiger partial charge in [-0.15, -0.1) is 0 Å². The Bertz CT molecular complexity index is 658. The molecular formula is C12H10ClNO4. The lowest BCUT2D eigenvalue weighted by Crippen LogP contribution is -2.35. The van der Waals surface area contributed by atoms with Gasteiger partial charge in [-0.1, -0.05) is 17.7 Å². The van der Waals surface area contributed by atoms with Gasteiger partial charge in [-0.25, -0.2) is 0 Å². The number of hydrogen-bond acceptors (Lipinski definition) is 5. The molecule has 18 heavy (non-hydrogen) atoms. The van der Waals surface area contributed by atoms with E-state index in [2.05, 4.69) is 5.32 Å². The van der Waals surface area contributed by atoms with E-state index in [1.54, 1.807) is 13.0 Å². The summed E-state index contributed by atoms with van der Waals surface area (Å²) < 4.78 is 5.05. The predicted molar refractivity (Wildman–Crippen MR) is 68.9 cm³/mol. The minimum atomic E-state index is -0.669. The number of rotatable bonds is 4. The Balaban J connectivity index is 2.35. The van der Waals surface area contributed by atoms with Crippen LogP contribution in [0.1, 0.15) is 6.92 Å². The predicted octanol–water partition coefficient (Wildman–Crippen LogP) is 1.78. The highest BCUT2D eigenvalue weighted by Crippen LogP contribution is 2.34. The molecule has 2 rings (SSSR count). The molecule has 0 aliphatic rings. The van der Waals surface area contributed by atoms with Crippen LogP contribution in [0.25, 0.3) is 0 Å². The summed E-state index contributed by atoms with van der Waals surface area (Å²) in [6, 6.07) is 4.65. The van der Waals surface area contributed by atoms with E-state index < -0.39 is 10.9 Å². The first-order valence-electron chi connectivity index (χ1n) is 5.26. The Morgan fingerprint density at radius 3 is 2.72 bits per heavy atom. The molecule has 0 atom stereocenters. The number of halogens is 1. The van der Waals surface area contributed by atoms with Gasteiger partial charge < -0.3 is 15.2 Å². The van der Waals surface area contributed by atoms with Crippen molar-refractivity contribution in [3.63, 3.8) is 0 Å². The Labute approximate surface area is 107 Å². The van der Waals surface area contributed by atoms with Gasteiger partial charge in [0, 0.05) is 0 Å². The number of nitrogens with one attached hydrogen (secondary N) is 1. The lowest BCUT2D eigenvalue weighted by atomic mass is 10.2. The van der Waals surface area contributed by atoms with Crippen LogP contribution in [0.2, 0.25) is 5.02 Å². The zero-order valence-corrected chi connectivity index (χ0v) is 10.2. The highest BCUT2D eigenvalue weighted by atomic mass is 35.5. The van der Waals surface area contributed by atoms with Crippen molar-refractivity contribution in [2.45, 2.75) is 6.92 Å². The number of phenolic OH excluding ortho intramolecular Hbond substituents is 1. The van der Waals surface area contributed by atoms with Crippen molar-refractivity contribution >= 4 is 23.0 Å². The van der Waals surface area contributed by atoms with Gasteiger partial charge in [0.25, 0.3) is 10.9 Å². The summed E-state index contributed by atoms with van der Waals surface area (Å²) in [5.74, 6) is -0.198. The summed E-state index contributed by atoms with van der Waals surface area (Å²) in [6.07, 6.45) is 0. The summed E-state index contributed by atoms with van der Waals surface area (Å²) in [5.41, 5.74) is -1.05. The van der Waals surface area contributed by atoms with Gasteiger partial charge in [0.15, 0.2) is 11.5 Å². The highest BCUT2D eigenvalue weighted by molar-refractivity contribution is 6.32. The summed E-state index contributed by atoms with van der Waals surface area (Å²) in [7, 11) is 0. The molecule has 0 amide bonds. The van der Waals surface area contributed by atoms with Crippen LogP contribution in [0.5, 0.6) is 11.5 Å². The second-order valence-electron chi connectivity index (χ2n) is 3.56. The van der Waals surface area contributed by atoms with Crippen molar-refractivity contribution in [2.75, 3.05) is 11.9 Å². The fraction of sp³-hybridized carbons (Fsp3) is 0.167. The van der Waals surface area contributed by atoms with E-state index in [4.69, 9.17) is 16.3 Å². The molecule has 0 heterocycles.